The van der Waals surface area contributed by atoms with Crippen molar-refractivity contribution in [1.82, 2.24) is 10.2 Å². The second kappa shape index (κ2) is 9.37. The largest absolute Gasteiger partial charge is 0.482 e. The number of ether oxygens (including phenoxy) is 1. The van der Waals surface area contributed by atoms with Gasteiger partial charge in [-0.25, -0.2) is 0 Å². The Morgan fingerprint density at radius 2 is 1.96 bits per heavy atom. The van der Waals surface area contributed by atoms with Crippen LogP contribution in [0.15, 0.2) is 48.5 Å². The summed E-state index contributed by atoms with van der Waals surface area (Å²) in [4.78, 5) is 28.3. The summed E-state index contributed by atoms with van der Waals surface area (Å²) in [7, 11) is 2.08. The van der Waals surface area contributed by atoms with Gasteiger partial charge < -0.3 is 19.9 Å². The highest BCUT2D eigenvalue weighted by Crippen LogP contribution is 2.31. The minimum absolute atomic E-state index is 0.0115. The van der Waals surface area contributed by atoms with Crippen LogP contribution in [0.25, 0.3) is 0 Å². The van der Waals surface area contributed by atoms with E-state index in [9.17, 15) is 9.59 Å². The molecule has 0 saturated heterocycles. The molecular formula is C22H27N3O3. The van der Waals surface area contributed by atoms with Crippen LogP contribution in [0, 0.1) is 0 Å². The van der Waals surface area contributed by atoms with Crippen LogP contribution in [0.2, 0.25) is 0 Å². The standard InChI is InChI=1S/C22H27N3O3/c1-3-24(2)15-18-8-6-7-17(13-18)14-23-21(26)11-12-25-19-9-4-5-10-20(19)28-16-22(25)27/h4-10,13H,3,11-12,14-16H2,1-2H3,(H,23,26). The molecule has 1 aliphatic heterocycles. The Labute approximate surface area is 166 Å². The summed E-state index contributed by atoms with van der Waals surface area (Å²) in [5, 5.41) is 2.95. The minimum atomic E-state index is -0.126. The molecule has 28 heavy (non-hydrogen) atoms. The van der Waals surface area contributed by atoms with Gasteiger partial charge in [0, 0.05) is 26.1 Å². The van der Waals surface area contributed by atoms with Gasteiger partial charge in [-0.3, -0.25) is 9.59 Å². The van der Waals surface area contributed by atoms with Crippen molar-refractivity contribution in [2.24, 2.45) is 0 Å². The van der Waals surface area contributed by atoms with Crippen molar-refractivity contribution < 1.29 is 14.3 Å². The second-order valence-corrected chi connectivity index (χ2v) is 6.98. The number of benzene rings is 2. The third-order valence-electron chi connectivity index (χ3n) is 4.84. The number of nitrogens with zero attached hydrogens (tertiary/aromatic N) is 2. The number of amides is 2. The fourth-order valence-electron chi connectivity index (χ4n) is 3.16. The Bertz CT molecular complexity index is 837. The predicted octanol–water partition coefficient (Wildman–Crippen LogP) is 2.57. The SMILES string of the molecule is CCN(C)Cc1cccc(CNC(=O)CCN2C(=O)COc3ccccc32)c1. The first-order valence-electron chi connectivity index (χ1n) is 9.62. The average Bonchev–Trinajstić information content (AvgIpc) is 2.71. The zero-order chi connectivity index (χ0) is 19.9. The van der Waals surface area contributed by atoms with Gasteiger partial charge in [0.05, 0.1) is 5.69 Å². The Kier molecular flexibility index (Phi) is 6.66. The third-order valence-corrected chi connectivity index (χ3v) is 4.84. The molecule has 1 N–H and O–H groups in total. The fourth-order valence-corrected chi connectivity index (χ4v) is 3.16. The van der Waals surface area contributed by atoms with Crippen LogP contribution in [0.1, 0.15) is 24.5 Å². The molecule has 6 nitrogen and oxygen atoms in total. The first kappa shape index (κ1) is 19.9. The van der Waals surface area contributed by atoms with E-state index in [-0.39, 0.29) is 24.8 Å². The molecule has 2 aromatic rings. The molecule has 0 unspecified atom stereocenters. The number of anilines is 1. The number of hydrogen-bond acceptors (Lipinski definition) is 4. The Morgan fingerprint density at radius 3 is 2.79 bits per heavy atom. The first-order chi connectivity index (χ1) is 13.6. The molecule has 0 aromatic heterocycles. The zero-order valence-corrected chi connectivity index (χ0v) is 16.5. The molecule has 1 heterocycles. The number of nitrogens with one attached hydrogen (secondary N) is 1. The van der Waals surface area contributed by atoms with Gasteiger partial charge in [-0.1, -0.05) is 43.3 Å². The van der Waals surface area contributed by atoms with E-state index in [4.69, 9.17) is 4.74 Å². The number of rotatable bonds is 8. The lowest BCUT2D eigenvalue weighted by atomic mass is 10.1. The summed E-state index contributed by atoms with van der Waals surface area (Å²) in [5.41, 5.74) is 3.02. The molecule has 0 spiro atoms. The van der Waals surface area contributed by atoms with Crippen LogP contribution in [0.5, 0.6) is 5.75 Å². The number of carbonyl (C=O) groups is 2. The molecule has 2 aromatic carbocycles. The van der Waals surface area contributed by atoms with Crippen molar-refractivity contribution in [3.05, 3.63) is 59.7 Å². The van der Waals surface area contributed by atoms with Crippen molar-refractivity contribution in [3.8, 4) is 5.75 Å². The molecule has 0 atom stereocenters. The molecule has 148 valence electrons. The Balaban J connectivity index is 1.52. The van der Waals surface area contributed by atoms with Gasteiger partial charge in [0.25, 0.3) is 5.91 Å². The van der Waals surface area contributed by atoms with E-state index in [0.717, 1.165) is 24.3 Å². The van der Waals surface area contributed by atoms with Crippen LogP contribution in [0.3, 0.4) is 0 Å². The lowest BCUT2D eigenvalue weighted by Crippen LogP contribution is -2.41. The predicted molar refractivity (Wildman–Crippen MR) is 109 cm³/mol. The summed E-state index contributed by atoms with van der Waals surface area (Å²) in [6, 6.07) is 15.6. The second-order valence-electron chi connectivity index (χ2n) is 6.98. The molecular weight excluding hydrogens is 354 g/mol. The summed E-state index contributed by atoms with van der Waals surface area (Å²) >= 11 is 0. The van der Waals surface area contributed by atoms with Crippen molar-refractivity contribution >= 4 is 17.5 Å². The Hall–Kier alpha value is -2.86. The van der Waals surface area contributed by atoms with Gasteiger partial charge in [-0.15, -0.1) is 0 Å². The van der Waals surface area contributed by atoms with Gasteiger partial charge in [0.1, 0.15) is 5.75 Å². The smallest absolute Gasteiger partial charge is 0.265 e. The highest BCUT2D eigenvalue weighted by Gasteiger charge is 2.25. The van der Waals surface area contributed by atoms with Gasteiger partial charge in [0.15, 0.2) is 6.61 Å². The van der Waals surface area contributed by atoms with Crippen LogP contribution in [0.4, 0.5) is 5.69 Å². The molecule has 0 bridgehead atoms. The number of carbonyl (C=O) groups excluding carboxylic acids is 2. The van der Waals surface area contributed by atoms with Crippen molar-refractivity contribution in [2.75, 3.05) is 31.6 Å². The highest BCUT2D eigenvalue weighted by atomic mass is 16.5. The molecule has 0 aliphatic carbocycles. The number of para-hydroxylation sites is 2. The minimum Gasteiger partial charge on any atom is -0.482 e. The monoisotopic (exact) mass is 381 g/mol. The first-order valence-corrected chi connectivity index (χ1v) is 9.62. The molecule has 2 amide bonds. The summed E-state index contributed by atoms with van der Waals surface area (Å²) in [6.45, 7) is 4.84. The van der Waals surface area contributed by atoms with Crippen LogP contribution < -0.4 is 15.0 Å². The molecule has 0 radical (unpaired) electrons. The molecule has 0 fully saturated rings. The van der Waals surface area contributed by atoms with E-state index >= 15 is 0 Å². The van der Waals surface area contributed by atoms with E-state index in [0.29, 0.717) is 18.8 Å². The van der Waals surface area contributed by atoms with Crippen molar-refractivity contribution in [2.45, 2.75) is 26.4 Å². The lowest BCUT2D eigenvalue weighted by molar-refractivity contribution is -0.122. The molecule has 1 aliphatic rings. The maximum Gasteiger partial charge on any atom is 0.265 e. The quantitative estimate of drug-likeness (QED) is 0.763. The van der Waals surface area contributed by atoms with Gasteiger partial charge in [-0.05, 0) is 36.9 Å². The van der Waals surface area contributed by atoms with Crippen LogP contribution in [-0.2, 0) is 22.7 Å². The average molecular weight is 381 g/mol. The topological polar surface area (TPSA) is 61.9 Å². The van der Waals surface area contributed by atoms with E-state index in [1.807, 2.05) is 36.4 Å². The van der Waals surface area contributed by atoms with Gasteiger partial charge in [-0.2, -0.15) is 0 Å². The summed E-state index contributed by atoms with van der Waals surface area (Å²) in [5.74, 6) is 0.475. The van der Waals surface area contributed by atoms with E-state index in [1.54, 1.807) is 4.90 Å². The van der Waals surface area contributed by atoms with Crippen molar-refractivity contribution in [3.63, 3.8) is 0 Å². The van der Waals surface area contributed by atoms with Crippen molar-refractivity contribution in [1.29, 1.82) is 0 Å². The van der Waals surface area contributed by atoms with Gasteiger partial charge >= 0.3 is 0 Å². The summed E-state index contributed by atoms with van der Waals surface area (Å²) < 4.78 is 5.43. The molecule has 6 heteroatoms. The van der Waals surface area contributed by atoms with E-state index in [1.165, 1.54) is 5.56 Å². The van der Waals surface area contributed by atoms with Crippen LogP contribution in [-0.4, -0.2) is 43.5 Å². The summed E-state index contributed by atoms with van der Waals surface area (Å²) in [6.07, 6.45) is 0.248. The normalized spacial score (nSPS) is 13.2. The van der Waals surface area contributed by atoms with Gasteiger partial charge in [0.2, 0.25) is 5.91 Å². The maximum atomic E-state index is 12.3. The number of fused-ring (bicyclic) bond motifs is 1. The highest BCUT2D eigenvalue weighted by molar-refractivity contribution is 5.98. The van der Waals surface area contributed by atoms with Crippen LogP contribution >= 0.6 is 0 Å². The Morgan fingerprint density at radius 1 is 1.18 bits per heavy atom. The lowest BCUT2D eigenvalue weighted by Gasteiger charge is -2.29. The number of hydrogen-bond donors (Lipinski definition) is 1. The molecule has 0 saturated carbocycles. The molecule has 3 rings (SSSR count). The third kappa shape index (κ3) is 5.10. The van der Waals surface area contributed by atoms with E-state index in [2.05, 4.69) is 36.3 Å². The fraction of sp³-hybridized carbons (Fsp3) is 0.364. The van der Waals surface area contributed by atoms with E-state index < -0.39 is 0 Å². The maximum absolute atomic E-state index is 12.3. The zero-order valence-electron chi connectivity index (χ0n) is 16.5.